The number of nitrogens with one attached hydrogen (secondary N) is 1. The van der Waals surface area contributed by atoms with E-state index >= 15 is 4.39 Å². The Morgan fingerprint density at radius 3 is 2.38 bits per heavy atom. The molecule has 3 aromatic rings. The van der Waals surface area contributed by atoms with Crippen LogP contribution in [-0.2, 0) is 12.7 Å². The van der Waals surface area contributed by atoms with Gasteiger partial charge in [-0.1, -0.05) is 63.6 Å². The number of alkyl halides is 1. The first kappa shape index (κ1) is 29.4. The number of nitrogens with two attached hydrogens (primary N) is 1. The van der Waals surface area contributed by atoms with Crippen molar-refractivity contribution in [2.45, 2.75) is 83.8 Å². The van der Waals surface area contributed by atoms with Gasteiger partial charge in [-0.05, 0) is 44.6 Å². The number of fused-ring (bicyclic) bond motifs is 1. The number of aryl methyl sites for hydroxylation is 1. The number of aliphatic imine (C=N–C) groups is 1. The number of amides is 1. The molecule has 1 unspecified atom stereocenters. The summed E-state index contributed by atoms with van der Waals surface area (Å²) in [7, 11) is 1.60. The van der Waals surface area contributed by atoms with Gasteiger partial charge < -0.3 is 20.7 Å². The Morgan fingerprint density at radius 2 is 1.82 bits per heavy atom. The number of amidine groups is 1. The Hall–Kier alpha value is -3.63. The van der Waals surface area contributed by atoms with Gasteiger partial charge in [-0.2, -0.15) is 4.99 Å². The quantitative estimate of drug-likeness (QED) is 0.240. The lowest BCUT2D eigenvalue weighted by atomic mass is 9.80. The molecule has 0 aliphatic heterocycles. The number of benzene rings is 1. The van der Waals surface area contributed by atoms with Crippen molar-refractivity contribution >= 4 is 28.9 Å². The molecule has 2 heterocycles. The SMILES string of the molecule is CC1CCCCC1.C[C@@H](Nc1nc(/C(N)=N/C(=O)O)nc2nc(C(C)(F)c3ccccc3F)n(C)c12)C1CCC1. The predicted molar refractivity (Wildman–Crippen MR) is 152 cm³/mol. The highest BCUT2D eigenvalue weighted by Gasteiger charge is 2.37. The molecule has 2 aromatic heterocycles. The van der Waals surface area contributed by atoms with Crippen molar-refractivity contribution in [2.24, 2.45) is 29.6 Å². The lowest BCUT2D eigenvalue weighted by Gasteiger charge is -2.32. The summed E-state index contributed by atoms with van der Waals surface area (Å²) in [6, 6.07) is 5.62. The number of hydrogen-bond donors (Lipinski definition) is 3. The Morgan fingerprint density at radius 1 is 1.15 bits per heavy atom. The van der Waals surface area contributed by atoms with Crippen LogP contribution in [0.4, 0.5) is 19.4 Å². The zero-order valence-corrected chi connectivity index (χ0v) is 23.6. The van der Waals surface area contributed by atoms with Crippen LogP contribution in [0.15, 0.2) is 29.3 Å². The maximum absolute atomic E-state index is 16.0. The summed E-state index contributed by atoms with van der Waals surface area (Å²) >= 11 is 0. The highest BCUT2D eigenvalue weighted by molar-refractivity contribution is 6.01. The maximum atomic E-state index is 16.0. The van der Waals surface area contributed by atoms with Gasteiger partial charge in [0.25, 0.3) is 0 Å². The van der Waals surface area contributed by atoms with Gasteiger partial charge in [-0.25, -0.2) is 28.5 Å². The Labute approximate surface area is 233 Å². The van der Waals surface area contributed by atoms with E-state index in [-0.39, 0.29) is 28.9 Å². The number of carboxylic acid groups (broad SMARTS) is 1. The van der Waals surface area contributed by atoms with Crippen LogP contribution < -0.4 is 11.1 Å². The van der Waals surface area contributed by atoms with Crippen LogP contribution in [0.3, 0.4) is 0 Å². The number of nitrogens with zero attached hydrogens (tertiary/aromatic N) is 5. The maximum Gasteiger partial charge on any atom is 0.433 e. The normalized spacial score (nSPS) is 18.8. The second-order valence-corrected chi connectivity index (χ2v) is 11.2. The van der Waals surface area contributed by atoms with E-state index in [2.05, 4.69) is 32.2 Å². The van der Waals surface area contributed by atoms with E-state index in [4.69, 9.17) is 10.8 Å². The van der Waals surface area contributed by atoms with E-state index in [1.54, 1.807) is 13.1 Å². The van der Waals surface area contributed by atoms with E-state index in [1.807, 2.05) is 6.92 Å². The first-order valence-electron chi connectivity index (χ1n) is 14.0. The molecular weight excluding hydrogens is 516 g/mol. The summed E-state index contributed by atoms with van der Waals surface area (Å²) in [5, 5.41) is 12.3. The van der Waals surface area contributed by atoms with Crippen LogP contribution in [0.25, 0.3) is 11.2 Å². The van der Waals surface area contributed by atoms with Crippen molar-refractivity contribution in [1.29, 1.82) is 0 Å². The molecule has 4 N–H and O–H groups in total. The summed E-state index contributed by atoms with van der Waals surface area (Å²) in [6.45, 7) is 5.60. The summed E-state index contributed by atoms with van der Waals surface area (Å²) in [6.07, 6.45) is 9.24. The number of anilines is 1. The fourth-order valence-electron chi connectivity index (χ4n) is 5.44. The van der Waals surface area contributed by atoms with E-state index in [9.17, 15) is 9.18 Å². The minimum Gasteiger partial charge on any atom is -0.463 e. The fourth-order valence-corrected chi connectivity index (χ4v) is 5.44. The van der Waals surface area contributed by atoms with Crippen molar-refractivity contribution in [2.75, 3.05) is 5.32 Å². The van der Waals surface area contributed by atoms with Gasteiger partial charge in [0, 0.05) is 18.7 Å². The first-order valence-corrected chi connectivity index (χ1v) is 14.0. The van der Waals surface area contributed by atoms with Crippen LogP contribution in [0.1, 0.15) is 89.4 Å². The van der Waals surface area contributed by atoms with Crippen molar-refractivity contribution in [1.82, 2.24) is 19.5 Å². The zero-order valence-electron chi connectivity index (χ0n) is 23.6. The Balaban J connectivity index is 0.000000461. The average Bonchev–Trinajstić information content (AvgIpc) is 3.21. The van der Waals surface area contributed by atoms with Gasteiger partial charge in [0.05, 0.1) is 0 Å². The number of carbonyl (C=O) groups is 1. The van der Waals surface area contributed by atoms with Gasteiger partial charge in [-0.15, -0.1) is 0 Å². The van der Waals surface area contributed by atoms with Gasteiger partial charge in [-0.3, -0.25) is 0 Å². The van der Waals surface area contributed by atoms with Gasteiger partial charge >= 0.3 is 6.09 Å². The van der Waals surface area contributed by atoms with Crippen molar-refractivity contribution in [3.63, 3.8) is 0 Å². The van der Waals surface area contributed by atoms with Crippen molar-refractivity contribution in [3.05, 3.63) is 47.3 Å². The summed E-state index contributed by atoms with van der Waals surface area (Å²) in [5.41, 5.74) is 3.82. The van der Waals surface area contributed by atoms with E-state index in [0.29, 0.717) is 17.3 Å². The topological polar surface area (TPSA) is 131 Å². The Kier molecular flexibility index (Phi) is 9.00. The summed E-state index contributed by atoms with van der Waals surface area (Å²) in [5.74, 6) is 0.467. The molecule has 9 nitrogen and oxygen atoms in total. The number of halogens is 2. The van der Waals surface area contributed by atoms with Crippen molar-refractivity contribution < 1.29 is 18.7 Å². The molecule has 11 heteroatoms. The third kappa shape index (κ3) is 6.39. The van der Waals surface area contributed by atoms with E-state index in [0.717, 1.165) is 25.2 Å². The fraction of sp³-hybridized carbons (Fsp3) is 0.552. The average molecular weight is 556 g/mol. The smallest absolute Gasteiger partial charge is 0.433 e. The minimum atomic E-state index is -2.28. The van der Waals surface area contributed by atoms with Gasteiger partial charge in [0.15, 0.2) is 34.6 Å². The number of aromatic nitrogens is 4. The third-order valence-corrected chi connectivity index (χ3v) is 8.09. The number of imidazole rings is 1. The molecule has 0 bridgehead atoms. The van der Waals surface area contributed by atoms with Crippen LogP contribution in [-0.4, -0.2) is 42.6 Å². The largest absolute Gasteiger partial charge is 0.463 e. The molecule has 0 radical (unpaired) electrons. The van der Waals surface area contributed by atoms with Gasteiger partial charge in [0.1, 0.15) is 11.3 Å². The van der Waals surface area contributed by atoms with E-state index in [1.165, 1.54) is 61.8 Å². The first-order chi connectivity index (χ1) is 19.0. The lowest BCUT2D eigenvalue weighted by molar-refractivity contribution is 0.205. The van der Waals surface area contributed by atoms with Crippen LogP contribution >= 0.6 is 0 Å². The molecule has 2 aliphatic rings. The third-order valence-electron chi connectivity index (χ3n) is 8.09. The second kappa shape index (κ2) is 12.3. The highest BCUT2D eigenvalue weighted by atomic mass is 19.1. The zero-order chi connectivity index (χ0) is 29.0. The molecule has 2 atom stereocenters. The molecule has 1 amide bonds. The van der Waals surface area contributed by atoms with Crippen LogP contribution in [0.2, 0.25) is 0 Å². The molecule has 2 aliphatic carbocycles. The van der Waals surface area contributed by atoms with Gasteiger partial charge in [0.2, 0.25) is 0 Å². The molecule has 0 saturated heterocycles. The minimum absolute atomic E-state index is 0.0454. The van der Waals surface area contributed by atoms with E-state index < -0.39 is 23.4 Å². The number of rotatable bonds is 6. The summed E-state index contributed by atoms with van der Waals surface area (Å²) in [4.78, 5) is 27.2. The standard InChI is InChI=1S/C22H25F2N7O2.C7H14/c1-11(12-7-6-8-12)26-17-15-18(29-19(28-17)16(25)27-21(32)33)30-20(31(15)3)22(2,24)13-9-4-5-10-14(13)23;1-7-5-3-2-4-6-7/h4-5,9-12H,6-8H2,1-3H3,(H2,25,27)(H,32,33)(H,26,28,29);7H,2-6H2,1H3/t11-,22?;/m1./s1. The Bertz CT molecular complexity index is 1380. The molecule has 0 spiro atoms. The molecule has 216 valence electrons. The molecule has 2 fully saturated rings. The molecule has 1 aromatic carbocycles. The molecule has 40 heavy (non-hydrogen) atoms. The molecule has 2 saturated carbocycles. The molecular formula is C29H39F2N7O2. The monoisotopic (exact) mass is 555 g/mol. The van der Waals surface area contributed by atoms with Crippen LogP contribution in [0.5, 0.6) is 0 Å². The summed E-state index contributed by atoms with van der Waals surface area (Å²) < 4.78 is 31.9. The second-order valence-electron chi connectivity index (χ2n) is 11.2. The predicted octanol–water partition coefficient (Wildman–Crippen LogP) is 6.31. The number of hydrogen-bond acceptors (Lipinski definition) is 5. The lowest BCUT2D eigenvalue weighted by Crippen LogP contribution is -2.32. The highest BCUT2D eigenvalue weighted by Crippen LogP contribution is 2.37. The molecule has 5 rings (SSSR count). The van der Waals surface area contributed by atoms with Crippen molar-refractivity contribution in [3.8, 4) is 0 Å². The van der Waals surface area contributed by atoms with Crippen LogP contribution in [0, 0.1) is 17.7 Å².